The molecule has 3 atom stereocenters. The van der Waals surface area contributed by atoms with Crippen LogP contribution in [0.1, 0.15) is 30.1 Å². The highest BCUT2D eigenvalue weighted by Gasteiger charge is 2.37. The highest BCUT2D eigenvalue weighted by Crippen LogP contribution is 2.48. The van der Waals surface area contributed by atoms with E-state index in [0.29, 0.717) is 18.4 Å². The van der Waals surface area contributed by atoms with Gasteiger partial charge in [-0.3, -0.25) is 0 Å². The van der Waals surface area contributed by atoms with Crippen molar-refractivity contribution in [2.24, 2.45) is 17.6 Å². The minimum Gasteiger partial charge on any atom is -0.325 e. The van der Waals surface area contributed by atoms with E-state index in [2.05, 4.69) is 28.2 Å². The first-order valence-electron chi connectivity index (χ1n) is 5.56. The van der Waals surface area contributed by atoms with Gasteiger partial charge in [0.25, 0.3) is 0 Å². The van der Waals surface area contributed by atoms with E-state index >= 15 is 0 Å². The Labute approximate surface area is 89.4 Å². The van der Waals surface area contributed by atoms with Gasteiger partial charge in [0.05, 0.1) is 5.69 Å². The van der Waals surface area contributed by atoms with Gasteiger partial charge in [0, 0.05) is 18.2 Å². The molecule has 1 saturated carbocycles. The molecule has 15 heavy (non-hydrogen) atoms. The Morgan fingerprint density at radius 1 is 1.27 bits per heavy atom. The molecule has 1 aromatic rings. The van der Waals surface area contributed by atoms with Crippen LogP contribution in [0.3, 0.4) is 0 Å². The quantitative estimate of drug-likeness (QED) is 0.740. The zero-order valence-corrected chi connectivity index (χ0v) is 8.63. The molecule has 3 heteroatoms. The minimum absolute atomic E-state index is 0.506. The fraction of sp³-hybridized carbons (Fsp3) is 0.500. The molecule has 1 fully saturated rings. The summed E-state index contributed by atoms with van der Waals surface area (Å²) in [5.41, 5.74) is 7.72. The zero-order valence-electron chi connectivity index (χ0n) is 8.63. The first-order valence-corrected chi connectivity index (χ1v) is 5.56. The van der Waals surface area contributed by atoms with E-state index in [4.69, 9.17) is 5.73 Å². The number of rotatable bonds is 2. The summed E-state index contributed by atoms with van der Waals surface area (Å²) in [5, 5.41) is 0. The molecule has 0 saturated heterocycles. The van der Waals surface area contributed by atoms with Crippen molar-refractivity contribution < 1.29 is 0 Å². The molecule has 1 aromatic heterocycles. The molecule has 3 unspecified atom stereocenters. The summed E-state index contributed by atoms with van der Waals surface area (Å²) in [6.45, 7) is 0.506. The fourth-order valence-electron chi connectivity index (χ4n) is 2.85. The Kier molecular flexibility index (Phi) is 2.06. The number of aromatic nitrogens is 2. The van der Waals surface area contributed by atoms with Crippen molar-refractivity contribution in [1.82, 2.24) is 9.97 Å². The standard InChI is InChI=1S/C12H15N3/c13-6-10-5-12(15-7-14-10)11-4-8-1-2-9(11)3-8/h1-2,5,7-9,11H,3-4,6,13H2. The number of allylic oxidation sites excluding steroid dienone is 2. The molecule has 78 valence electrons. The topological polar surface area (TPSA) is 51.8 Å². The Bertz CT molecular complexity index is 400. The van der Waals surface area contributed by atoms with Crippen molar-refractivity contribution in [2.75, 3.05) is 0 Å². The van der Waals surface area contributed by atoms with Gasteiger partial charge in [-0.1, -0.05) is 12.2 Å². The van der Waals surface area contributed by atoms with Crippen LogP contribution in [0.2, 0.25) is 0 Å². The summed E-state index contributed by atoms with van der Waals surface area (Å²) >= 11 is 0. The predicted octanol–water partition coefficient (Wildman–Crippen LogP) is 1.61. The summed E-state index contributed by atoms with van der Waals surface area (Å²) in [6, 6.07) is 2.07. The number of nitrogens with zero attached hydrogens (tertiary/aromatic N) is 2. The second kappa shape index (κ2) is 3.42. The van der Waals surface area contributed by atoms with Gasteiger partial charge in [0.15, 0.2) is 0 Å². The fourth-order valence-corrected chi connectivity index (χ4v) is 2.85. The molecule has 3 rings (SSSR count). The number of nitrogens with two attached hydrogens (primary N) is 1. The van der Waals surface area contributed by atoms with Crippen molar-refractivity contribution in [3.63, 3.8) is 0 Å². The molecule has 1 heterocycles. The monoisotopic (exact) mass is 201 g/mol. The van der Waals surface area contributed by atoms with Crippen LogP contribution in [-0.2, 0) is 6.54 Å². The molecule has 0 aliphatic heterocycles. The molecule has 0 amide bonds. The van der Waals surface area contributed by atoms with E-state index in [9.17, 15) is 0 Å². The van der Waals surface area contributed by atoms with E-state index in [1.54, 1.807) is 6.33 Å². The van der Waals surface area contributed by atoms with Crippen LogP contribution in [-0.4, -0.2) is 9.97 Å². The Hall–Kier alpha value is -1.22. The third kappa shape index (κ3) is 1.47. The van der Waals surface area contributed by atoms with Gasteiger partial charge in [0.1, 0.15) is 6.33 Å². The summed E-state index contributed by atoms with van der Waals surface area (Å²) in [4.78, 5) is 8.52. The van der Waals surface area contributed by atoms with Crippen molar-refractivity contribution in [1.29, 1.82) is 0 Å². The molecule has 0 aromatic carbocycles. The summed E-state index contributed by atoms with van der Waals surface area (Å²) < 4.78 is 0. The van der Waals surface area contributed by atoms with E-state index in [1.807, 2.05) is 0 Å². The molecule has 2 N–H and O–H groups in total. The molecule has 2 aliphatic carbocycles. The molecule has 0 spiro atoms. The lowest BCUT2D eigenvalue weighted by Crippen LogP contribution is -2.09. The second-order valence-electron chi connectivity index (χ2n) is 4.53. The first-order chi connectivity index (χ1) is 7.36. The SMILES string of the molecule is NCc1cc(C2CC3C=CC2C3)ncn1. The summed E-state index contributed by atoms with van der Waals surface area (Å²) in [6.07, 6.45) is 8.91. The van der Waals surface area contributed by atoms with Crippen molar-refractivity contribution in [3.05, 3.63) is 35.9 Å². The van der Waals surface area contributed by atoms with Crippen LogP contribution in [0.25, 0.3) is 0 Å². The maximum absolute atomic E-state index is 5.59. The third-order valence-corrected chi connectivity index (χ3v) is 3.61. The van der Waals surface area contributed by atoms with Crippen molar-refractivity contribution in [2.45, 2.75) is 25.3 Å². The van der Waals surface area contributed by atoms with Crippen molar-refractivity contribution >= 4 is 0 Å². The molecule has 0 radical (unpaired) electrons. The molecular formula is C12H15N3. The highest BCUT2D eigenvalue weighted by molar-refractivity contribution is 5.23. The van der Waals surface area contributed by atoms with Gasteiger partial charge in [0.2, 0.25) is 0 Å². The zero-order chi connectivity index (χ0) is 10.3. The lowest BCUT2D eigenvalue weighted by atomic mass is 9.90. The van der Waals surface area contributed by atoms with Gasteiger partial charge in [-0.25, -0.2) is 9.97 Å². The number of hydrogen-bond donors (Lipinski definition) is 1. The Balaban J connectivity index is 1.90. The van der Waals surface area contributed by atoms with Gasteiger partial charge < -0.3 is 5.73 Å². The number of hydrogen-bond acceptors (Lipinski definition) is 3. The molecule has 3 nitrogen and oxygen atoms in total. The smallest absolute Gasteiger partial charge is 0.115 e. The summed E-state index contributed by atoms with van der Waals surface area (Å²) in [7, 11) is 0. The van der Waals surface area contributed by atoms with Gasteiger partial charge in [-0.05, 0) is 30.7 Å². The van der Waals surface area contributed by atoms with Gasteiger partial charge in [-0.2, -0.15) is 0 Å². The van der Waals surface area contributed by atoms with Crippen LogP contribution >= 0.6 is 0 Å². The molecule has 2 bridgehead atoms. The number of fused-ring (bicyclic) bond motifs is 2. The Morgan fingerprint density at radius 2 is 2.20 bits per heavy atom. The van der Waals surface area contributed by atoms with Crippen LogP contribution in [0, 0.1) is 11.8 Å². The van der Waals surface area contributed by atoms with Crippen LogP contribution < -0.4 is 5.73 Å². The Morgan fingerprint density at radius 3 is 2.87 bits per heavy atom. The van der Waals surface area contributed by atoms with E-state index in [1.165, 1.54) is 18.5 Å². The van der Waals surface area contributed by atoms with E-state index < -0.39 is 0 Å². The van der Waals surface area contributed by atoms with Crippen LogP contribution in [0.15, 0.2) is 24.5 Å². The van der Waals surface area contributed by atoms with Crippen LogP contribution in [0.5, 0.6) is 0 Å². The normalized spacial score (nSPS) is 32.5. The average Bonchev–Trinajstić information content (AvgIpc) is 2.91. The third-order valence-electron chi connectivity index (χ3n) is 3.61. The minimum atomic E-state index is 0.506. The lowest BCUT2D eigenvalue weighted by Gasteiger charge is -2.17. The van der Waals surface area contributed by atoms with E-state index in [0.717, 1.165) is 11.6 Å². The van der Waals surface area contributed by atoms with Gasteiger partial charge >= 0.3 is 0 Å². The summed E-state index contributed by atoms with van der Waals surface area (Å²) in [5.74, 6) is 2.10. The molecular weight excluding hydrogens is 186 g/mol. The first kappa shape index (κ1) is 9.04. The largest absolute Gasteiger partial charge is 0.325 e. The maximum atomic E-state index is 5.59. The van der Waals surface area contributed by atoms with Crippen molar-refractivity contribution in [3.8, 4) is 0 Å². The maximum Gasteiger partial charge on any atom is 0.115 e. The van der Waals surface area contributed by atoms with Gasteiger partial charge in [-0.15, -0.1) is 0 Å². The second-order valence-corrected chi connectivity index (χ2v) is 4.53. The molecule has 2 aliphatic rings. The highest BCUT2D eigenvalue weighted by atomic mass is 14.9. The van der Waals surface area contributed by atoms with E-state index in [-0.39, 0.29) is 0 Å². The van der Waals surface area contributed by atoms with Crippen LogP contribution in [0.4, 0.5) is 0 Å². The average molecular weight is 201 g/mol. The predicted molar refractivity (Wildman–Crippen MR) is 58.0 cm³/mol. The lowest BCUT2D eigenvalue weighted by molar-refractivity contribution is 0.567.